The summed E-state index contributed by atoms with van der Waals surface area (Å²) in [5.41, 5.74) is 5.06. The maximum absolute atomic E-state index is 13.2. The highest BCUT2D eigenvalue weighted by molar-refractivity contribution is 5.85. The van der Waals surface area contributed by atoms with E-state index in [-0.39, 0.29) is 18.0 Å². The molecule has 2 heterocycles. The molecule has 1 aliphatic carbocycles. The lowest BCUT2D eigenvalue weighted by molar-refractivity contribution is -0.151. The molecule has 2 aliphatic rings. The Hall–Kier alpha value is -2.59. The number of para-hydroxylation sites is 1. The molecule has 1 aromatic heterocycles. The molecule has 31 heavy (non-hydrogen) atoms. The SMILES string of the molecule is CN1CCc2c([nH]c3ccccc23)C1CC[C@H](C(=O)OC1CCCC1)c1ccccc1. The first-order valence-electron chi connectivity index (χ1n) is 11.8. The second kappa shape index (κ2) is 8.88. The summed E-state index contributed by atoms with van der Waals surface area (Å²) in [4.78, 5) is 19.3. The lowest BCUT2D eigenvalue weighted by atomic mass is 9.88. The number of carbonyl (C=O) groups excluding carboxylic acids is 1. The van der Waals surface area contributed by atoms with Crippen molar-refractivity contribution in [1.82, 2.24) is 9.88 Å². The van der Waals surface area contributed by atoms with Crippen molar-refractivity contribution in [2.24, 2.45) is 0 Å². The molecule has 162 valence electrons. The van der Waals surface area contributed by atoms with Crippen molar-refractivity contribution in [2.75, 3.05) is 13.6 Å². The normalized spacial score (nSPS) is 20.6. The van der Waals surface area contributed by atoms with E-state index in [0.717, 1.165) is 44.2 Å². The smallest absolute Gasteiger partial charge is 0.313 e. The summed E-state index contributed by atoms with van der Waals surface area (Å²) < 4.78 is 5.95. The zero-order chi connectivity index (χ0) is 21.2. The summed E-state index contributed by atoms with van der Waals surface area (Å²) >= 11 is 0. The van der Waals surface area contributed by atoms with Gasteiger partial charge in [0.05, 0.1) is 5.92 Å². The van der Waals surface area contributed by atoms with Gasteiger partial charge in [-0.1, -0.05) is 48.5 Å². The summed E-state index contributed by atoms with van der Waals surface area (Å²) in [6.45, 7) is 1.04. The fraction of sp³-hybridized carbons (Fsp3) is 0.444. The number of H-pyrrole nitrogens is 1. The first kappa shape index (κ1) is 20.3. The van der Waals surface area contributed by atoms with Gasteiger partial charge < -0.3 is 9.72 Å². The molecule has 0 spiro atoms. The number of likely N-dealkylation sites (N-methyl/N-ethyl adjacent to an activating group) is 1. The highest BCUT2D eigenvalue weighted by Crippen LogP contribution is 2.38. The summed E-state index contributed by atoms with van der Waals surface area (Å²) in [5, 5.41) is 1.34. The molecule has 0 amide bonds. The molecule has 2 aromatic carbocycles. The van der Waals surface area contributed by atoms with Crippen molar-refractivity contribution in [3.05, 3.63) is 71.4 Å². The highest BCUT2D eigenvalue weighted by atomic mass is 16.5. The Morgan fingerprint density at radius 2 is 1.84 bits per heavy atom. The van der Waals surface area contributed by atoms with Crippen molar-refractivity contribution in [3.8, 4) is 0 Å². The zero-order valence-corrected chi connectivity index (χ0v) is 18.3. The number of esters is 1. The molecule has 1 N–H and O–H groups in total. The third kappa shape index (κ3) is 4.14. The number of aromatic nitrogens is 1. The molecule has 1 aliphatic heterocycles. The van der Waals surface area contributed by atoms with Crippen molar-refractivity contribution in [3.63, 3.8) is 0 Å². The van der Waals surface area contributed by atoms with Gasteiger partial charge in [-0.15, -0.1) is 0 Å². The van der Waals surface area contributed by atoms with Gasteiger partial charge in [0, 0.05) is 29.2 Å². The first-order chi connectivity index (χ1) is 15.2. The summed E-state index contributed by atoms with van der Waals surface area (Å²) in [7, 11) is 2.20. The largest absolute Gasteiger partial charge is 0.462 e. The van der Waals surface area contributed by atoms with Crippen molar-refractivity contribution < 1.29 is 9.53 Å². The minimum absolute atomic E-state index is 0.0477. The van der Waals surface area contributed by atoms with E-state index in [1.165, 1.54) is 35.0 Å². The molecular formula is C27H32N2O2. The number of fused-ring (bicyclic) bond motifs is 3. The summed E-state index contributed by atoms with van der Waals surface area (Å²) in [6, 6.07) is 19.1. The van der Waals surface area contributed by atoms with E-state index in [1.54, 1.807) is 0 Å². The van der Waals surface area contributed by atoms with Gasteiger partial charge in [-0.3, -0.25) is 9.69 Å². The maximum atomic E-state index is 13.2. The minimum Gasteiger partial charge on any atom is -0.462 e. The molecule has 1 fully saturated rings. The predicted molar refractivity (Wildman–Crippen MR) is 124 cm³/mol. The molecule has 4 heteroatoms. The standard InChI is InChI=1S/C27H32N2O2/c1-29-18-17-23-22-13-7-8-14-24(22)28-26(23)25(29)16-15-21(19-9-3-2-4-10-19)27(30)31-20-11-5-6-12-20/h2-4,7-10,13-14,20-21,25,28H,5-6,11-12,15-18H2,1H3/t21-,25?/m0/s1. The number of carbonyl (C=O) groups is 1. The van der Waals surface area contributed by atoms with E-state index in [2.05, 4.69) is 53.3 Å². The van der Waals surface area contributed by atoms with E-state index in [4.69, 9.17) is 4.74 Å². The van der Waals surface area contributed by atoms with Crippen LogP contribution in [0.15, 0.2) is 54.6 Å². The van der Waals surface area contributed by atoms with E-state index in [0.29, 0.717) is 6.04 Å². The Kier molecular flexibility index (Phi) is 5.82. The molecule has 4 nitrogen and oxygen atoms in total. The average molecular weight is 417 g/mol. The van der Waals surface area contributed by atoms with E-state index >= 15 is 0 Å². The van der Waals surface area contributed by atoms with Crippen LogP contribution in [0.4, 0.5) is 0 Å². The molecule has 2 atom stereocenters. The van der Waals surface area contributed by atoms with Crippen LogP contribution in [0.25, 0.3) is 10.9 Å². The molecule has 0 radical (unpaired) electrons. The summed E-state index contributed by atoms with van der Waals surface area (Å²) in [6.07, 6.45) is 7.26. The summed E-state index contributed by atoms with van der Waals surface area (Å²) in [5.74, 6) is -0.251. The van der Waals surface area contributed by atoms with Crippen LogP contribution in [0.5, 0.6) is 0 Å². The number of nitrogens with zero attached hydrogens (tertiary/aromatic N) is 1. The number of hydrogen-bond acceptors (Lipinski definition) is 3. The van der Waals surface area contributed by atoms with E-state index < -0.39 is 0 Å². The Morgan fingerprint density at radius 1 is 1.10 bits per heavy atom. The zero-order valence-electron chi connectivity index (χ0n) is 18.3. The van der Waals surface area contributed by atoms with Crippen LogP contribution in [0.1, 0.15) is 67.3 Å². The number of aromatic amines is 1. The fourth-order valence-corrected chi connectivity index (χ4v) is 5.49. The Morgan fingerprint density at radius 3 is 2.65 bits per heavy atom. The lowest BCUT2D eigenvalue weighted by Crippen LogP contribution is -2.32. The third-order valence-electron chi connectivity index (χ3n) is 7.23. The molecule has 3 aromatic rings. The van der Waals surface area contributed by atoms with Crippen LogP contribution < -0.4 is 0 Å². The van der Waals surface area contributed by atoms with Gasteiger partial charge in [0.25, 0.3) is 0 Å². The molecule has 1 saturated carbocycles. The quantitative estimate of drug-likeness (QED) is 0.521. The van der Waals surface area contributed by atoms with Crippen LogP contribution in [0.3, 0.4) is 0 Å². The highest BCUT2D eigenvalue weighted by Gasteiger charge is 2.32. The first-order valence-corrected chi connectivity index (χ1v) is 11.8. The predicted octanol–water partition coefficient (Wildman–Crippen LogP) is 5.75. The molecule has 1 unspecified atom stereocenters. The van der Waals surface area contributed by atoms with Gasteiger partial charge in [0.1, 0.15) is 6.10 Å². The Balaban J connectivity index is 1.38. The monoisotopic (exact) mass is 416 g/mol. The third-order valence-corrected chi connectivity index (χ3v) is 7.23. The van der Waals surface area contributed by atoms with Crippen molar-refractivity contribution >= 4 is 16.9 Å². The van der Waals surface area contributed by atoms with Gasteiger partial charge in [0.2, 0.25) is 0 Å². The average Bonchev–Trinajstić information content (AvgIpc) is 3.43. The molecule has 5 rings (SSSR count). The Bertz CT molecular complexity index is 1040. The molecular weight excluding hydrogens is 384 g/mol. The van der Waals surface area contributed by atoms with Gasteiger partial charge in [-0.25, -0.2) is 0 Å². The number of nitrogens with one attached hydrogen (secondary N) is 1. The molecule has 0 saturated heterocycles. The van der Waals surface area contributed by atoms with Crippen LogP contribution in [-0.4, -0.2) is 35.5 Å². The Labute approximate surface area is 184 Å². The number of rotatable bonds is 6. The van der Waals surface area contributed by atoms with Crippen LogP contribution in [-0.2, 0) is 16.0 Å². The fourth-order valence-electron chi connectivity index (χ4n) is 5.49. The lowest BCUT2D eigenvalue weighted by Gasteiger charge is -2.33. The van der Waals surface area contributed by atoms with E-state index in [9.17, 15) is 4.79 Å². The van der Waals surface area contributed by atoms with E-state index in [1.807, 2.05) is 18.2 Å². The molecule has 0 bridgehead atoms. The van der Waals surface area contributed by atoms with Gasteiger partial charge in [-0.05, 0) is 69.2 Å². The topological polar surface area (TPSA) is 45.3 Å². The van der Waals surface area contributed by atoms with Crippen molar-refractivity contribution in [2.45, 2.75) is 63.0 Å². The number of ether oxygens (including phenoxy) is 1. The maximum Gasteiger partial charge on any atom is 0.313 e. The van der Waals surface area contributed by atoms with Crippen molar-refractivity contribution in [1.29, 1.82) is 0 Å². The van der Waals surface area contributed by atoms with Gasteiger partial charge in [-0.2, -0.15) is 0 Å². The van der Waals surface area contributed by atoms with Crippen LogP contribution >= 0.6 is 0 Å². The van der Waals surface area contributed by atoms with Gasteiger partial charge in [0.15, 0.2) is 0 Å². The minimum atomic E-state index is -0.204. The number of hydrogen-bond donors (Lipinski definition) is 1. The van der Waals surface area contributed by atoms with Crippen LogP contribution in [0.2, 0.25) is 0 Å². The second-order valence-electron chi connectivity index (χ2n) is 9.19. The van der Waals surface area contributed by atoms with Crippen LogP contribution in [0, 0.1) is 0 Å². The van der Waals surface area contributed by atoms with Gasteiger partial charge >= 0.3 is 5.97 Å². The number of benzene rings is 2. The second-order valence-corrected chi connectivity index (χ2v) is 9.19.